The Balaban J connectivity index is 1.46. The molecule has 2 amide bonds. The van der Waals surface area contributed by atoms with Gasteiger partial charge in [-0.05, 0) is 37.5 Å². The lowest BCUT2D eigenvalue weighted by Gasteiger charge is -2.31. The molecule has 3 N–H and O–H groups in total. The maximum atomic E-state index is 12.4. The van der Waals surface area contributed by atoms with E-state index in [1.165, 1.54) is 16.3 Å². The van der Waals surface area contributed by atoms with Gasteiger partial charge in [-0.2, -0.15) is 0 Å². The summed E-state index contributed by atoms with van der Waals surface area (Å²) in [6, 6.07) is 15.0. The topological polar surface area (TPSA) is 75.2 Å². The first kappa shape index (κ1) is 20.1. The Kier molecular flexibility index (Phi) is 6.87. The third-order valence-electron chi connectivity index (χ3n) is 5.36. The molecule has 0 unspecified atom stereocenters. The molecule has 3 rings (SSSR count). The number of carbonyl (C=O) groups is 2. The minimum Gasteiger partial charge on any atom is -0.450 e. The van der Waals surface area contributed by atoms with E-state index in [1.54, 1.807) is 11.8 Å². The number of amides is 2. The Morgan fingerprint density at radius 1 is 1.18 bits per heavy atom. The highest BCUT2D eigenvalue weighted by Gasteiger charge is 2.25. The summed E-state index contributed by atoms with van der Waals surface area (Å²) in [5.74, 6) is 0.0432. The summed E-state index contributed by atoms with van der Waals surface area (Å²) in [5, 5.41) is 7.64. The lowest BCUT2D eigenvalue weighted by atomic mass is 10.00. The van der Waals surface area contributed by atoms with Gasteiger partial charge < -0.3 is 20.3 Å². The second-order valence-electron chi connectivity index (χ2n) is 7.32. The van der Waals surface area contributed by atoms with Gasteiger partial charge in [-0.3, -0.25) is 4.79 Å². The number of piperidine rings is 1. The molecule has 6 heteroatoms. The first-order valence-corrected chi connectivity index (χ1v) is 10.1. The Bertz CT molecular complexity index is 810. The fourth-order valence-electron chi connectivity index (χ4n) is 3.77. The molecule has 28 heavy (non-hydrogen) atoms. The van der Waals surface area contributed by atoms with Gasteiger partial charge in [0.25, 0.3) is 5.91 Å². The molecule has 0 radical (unpaired) electrons. The fraction of sp³-hybridized carbons (Fsp3) is 0.455. The van der Waals surface area contributed by atoms with Crippen molar-refractivity contribution >= 4 is 22.8 Å². The minimum atomic E-state index is -0.260. The van der Waals surface area contributed by atoms with Gasteiger partial charge >= 0.3 is 6.09 Å². The number of benzene rings is 2. The van der Waals surface area contributed by atoms with Gasteiger partial charge in [-0.15, -0.1) is 0 Å². The second-order valence-corrected chi connectivity index (χ2v) is 7.32. The highest BCUT2D eigenvalue weighted by atomic mass is 16.6. The maximum absolute atomic E-state index is 12.4. The van der Waals surface area contributed by atoms with E-state index in [-0.39, 0.29) is 24.1 Å². The normalized spacial score (nSPS) is 16.0. The second kappa shape index (κ2) is 9.55. The Labute approximate surface area is 166 Å². The molecule has 0 aromatic heterocycles. The molecule has 1 saturated heterocycles. The molecule has 0 bridgehead atoms. The number of hydrogen-bond acceptors (Lipinski definition) is 3. The summed E-state index contributed by atoms with van der Waals surface area (Å²) >= 11 is 0. The highest BCUT2D eigenvalue weighted by molar-refractivity contribution is 5.86. The molecule has 2 aromatic carbocycles. The molecule has 150 valence electrons. The van der Waals surface area contributed by atoms with Gasteiger partial charge in [0.1, 0.15) is 6.04 Å². The third kappa shape index (κ3) is 5.01. The third-order valence-corrected chi connectivity index (χ3v) is 5.36. The Morgan fingerprint density at radius 3 is 2.64 bits per heavy atom. The molecular weight excluding hydrogens is 354 g/mol. The van der Waals surface area contributed by atoms with E-state index in [0.29, 0.717) is 26.2 Å². The molecule has 1 fully saturated rings. The molecule has 6 nitrogen and oxygen atoms in total. The first-order valence-electron chi connectivity index (χ1n) is 10.1. The summed E-state index contributed by atoms with van der Waals surface area (Å²) in [4.78, 5) is 25.8. The van der Waals surface area contributed by atoms with Crippen molar-refractivity contribution < 1.29 is 19.6 Å². The van der Waals surface area contributed by atoms with Gasteiger partial charge in [-0.1, -0.05) is 42.5 Å². The summed E-state index contributed by atoms with van der Waals surface area (Å²) in [7, 11) is 0. The van der Waals surface area contributed by atoms with E-state index < -0.39 is 0 Å². The number of quaternary nitrogens is 1. The Morgan fingerprint density at radius 2 is 1.89 bits per heavy atom. The van der Waals surface area contributed by atoms with Crippen LogP contribution in [0.2, 0.25) is 0 Å². The van der Waals surface area contributed by atoms with Crippen LogP contribution in [0.5, 0.6) is 0 Å². The van der Waals surface area contributed by atoms with Gasteiger partial charge in [0.05, 0.1) is 6.61 Å². The van der Waals surface area contributed by atoms with Crippen LogP contribution < -0.4 is 10.6 Å². The molecule has 0 spiro atoms. The van der Waals surface area contributed by atoms with E-state index in [1.807, 2.05) is 12.1 Å². The number of nitrogens with two attached hydrogens (primary N) is 1. The number of carbonyl (C=O) groups excluding carboxylic acids is 2. The van der Waals surface area contributed by atoms with Gasteiger partial charge in [-0.25, -0.2) is 4.79 Å². The van der Waals surface area contributed by atoms with Crippen LogP contribution in [-0.2, 0) is 9.53 Å². The summed E-state index contributed by atoms with van der Waals surface area (Å²) < 4.78 is 5.03. The molecular formula is C22H30N3O3+. The van der Waals surface area contributed by atoms with Crippen LogP contribution in [0.25, 0.3) is 10.8 Å². The number of nitrogens with one attached hydrogen (secondary N) is 1. The van der Waals surface area contributed by atoms with Crippen LogP contribution in [0.3, 0.4) is 0 Å². The number of likely N-dealkylation sites (tertiary alicyclic amines) is 1. The van der Waals surface area contributed by atoms with Crippen molar-refractivity contribution in [2.75, 3.05) is 26.2 Å². The summed E-state index contributed by atoms with van der Waals surface area (Å²) in [6.45, 7) is 5.97. The Hall–Kier alpha value is -2.60. The lowest BCUT2D eigenvalue weighted by molar-refractivity contribution is -0.682. The molecule has 1 aliphatic rings. The number of nitrogens with zero attached hydrogens (tertiary/aromatic N) is 1. The van der Waals surface area contributed by atoms with Crippen molar-refractivity contribution in [1.29, 1.82) is 0 Å². The fourth-order valence-corrected chi connectivity index (χ4v) is 3.77. The van der Waals surface area contributed by atoms with Crippen LogP contribution in [-0.4, -0.2) is 49.2 Å². The average Bonchev–Trinajstić information content (AvgIpc) is 2.72. The first-order chi connectivity index (χ1) is 13.6. The molecule has 0 aliphatic carbocycles. The van der Waals surface area contributed by atoms with Crippen molar-refractivity contribution in [2.45, 2.75) is 38.8 Å². The van der Waals surface area contributed by atoms with Crippen molar-refractivity contribution in [3.63, 3.8) is 0 Å². The zero-order valence-electron chi connectivity index (χ0n) is 16.7. The van der Waals surface area contributed by atoms with Crippen LogP contribution in [0, 0.1) is 0 Å². The van der Waals surface area contributed by atoms with Gasteiger partial charge in [0, 0.05) is 24.7 Å². The van der Waals surface area contributed by atoms with E-state index >= 15 is 0 Å². The number of rotatable bonds is 6. The van der Waals surface area contributed by atoms with Crippen molar-refractivity contribution in [3.05, 3.63) is 48.0 Å². The van der Waals surface area contributed by atoms with Crippen LogP contribution in [0.15, 0.2) is 42.5 Å². The highest BCUT2D eigenvalue weighted by Crippen LogP contribution is 2.22. The summed E-state index contributed by atoms with van der Waals surface area (Å²) in [6.07, 6.45) is 1.27. The van der Waals surface area contributed by atoms with Crippen LogP contribution in [0.1, 0.15) is 38.3 Å². The quantitative estimate of drug-likeness (QED) is 0.802. The number of hydrogen-bond donors (Lipinski definition) is 2. The van der Waals surface area contributed by atoms with Crippen molar-refractivity contribution in [2.24, 2.45) is 0 Å². The van der Waals surface area contributed by atoms with E-state index in [9.17, 15) is 9.59 Å². The molecule has 1 heterocycles. The van der Waals surface area contributed by atoms with Crippen LogP contribution >= 0.6 is 0 Å². The smallest absolute Gasteiger partial charge is 0.409 e. The molecule has 2 aromatic rings. The largest absolute Gasteiger partial charge is 0.450 e. The molecule has 1 aliphatic heterocycles. The maximum Gasteiger partial charge on any atom is 0.409 e. The van der Waals surface area contributed by atoms with Crippen LogP contribution in [0.4, 0.5) is 4.79 Å². The minimum absolute atomic E-state index is 0.0432. The van der Waals surface area contributed by atoms with E-state index in [4.69, 9.17) is 4.74 Å². The monoisotopic (exact) mass is 384 g/mol. The van der Waals surface area contributed by atoms with Crippen molar-refractivity contribution in [1.82, 2.24) is 10.2 Å². The standard InChI is InChI=1S/C22H29N3O3/c1-3-28-22(27)25-13-11-18(12-14-25)24-21(26)15-23-16(2)19-10-6-8-17-7-4-5-9-20(17)19/h4-10,16,18,23H,3,11-15H2,1-2H3,(H,24,26)/p+1/t16-/m0/s1. The lowest BCUT2D eigenvalue weighted by Crippen LogP contribution is -2.87. The zero-order chi connectivity index (χ0) is 19.9. The molecule has 1 atom stereocenters. The summed E-state index contributed by atoms with van der Waals surface area (Å²) in [5.41, 5.74) is 1.24. The predicted molar refractivity (Wildman–Crippen MR) is 109 cm³/mol. The van der Waals surface area contributed by atoms with Gasteiger partial charge in [0.2, 0.25) is 0 Å². The van der Waals surface area contributed by atoms with Gasteiger partial charge in [0.15, 0.2) is 6.54 Å². The number of ether oxygens (including phenoxy) is 1. The SMILES string of the molecule is CCOC(=O)N1CCC(NC(=O)C[NH2+][C@@H](C)c2cccc3ccccc23)CC1. The van der Waals surface area contributed by atoms with E-state index in [0.717, 1.165) is 12.8 Å². The zero-order valence-corrected chi connectivity index (χ0v) is 16.7. The molecule has 0 saturated carbocycles. The average molecular weight is 385 g/mol. The predicted octanol–water partition coefficient (Wildman–Crippen LogP) is 2.20. The van der Waals surface area contributed by atoms with Crippen molar-refractivity contribution in [3.8, 4) is 0 Å². The number of fused-ring (bicyclic) bond motifs is 1. The van der Waals surface area contributed by atoms with E-state index in [2.05, 4.69) is 47.9 Å².